The van der Waals surface area contributed by atoms with Crippen molar-refractivity contribution >= 4 is 16.9 Å². The maximum atomic E-state index is 5.53. The number of nitrogen functional groups attached to an aromatic ring is 1. The molecule has 0 fully saturated rings. The van der Waals surface area contributed by atoms with Crippen LogP contribution in [0.5, 0.6) is 0 Å². The lowest BCUT2D eigenvalue weighted by molar-refractivity contribution is 0.617. The molecule has 1 aromatic carbocycles. The van der Waals surface area contributed by atoms with Crippen LogP contribution in [0.3, 0.4) is 0 Å². The molecule has 74 valence electrons. The number of aromatic nitrogens is 2. The van der Waals surface area contributed by atoms with E-state index in [-0.39, 0.29) is 0 Å². The molecule has 0 aliphatic heterocycles. The lowest BCUT2D eigenvalue weighted by Crippen LogP contribution is -1.85. The van der Waals surface area contributed by atoms with Crippen LogP contribution in [0, 0.1) is 0 Å². The fraction of sp³-hybridized carbons (Fsp3) is 0. The lowest BCUT2D eigenvalue weighted by Gasteiger charge is -1.91. The summed E-state index contributed by atoms with van der Waals surface area (Å²) in [4.78, 5) is 6.94. The number of aromatic amines is 1. The van der Waals surface area contributed by atoms with E-state index in [1.54, 1.807) is 12.5 Å². The summed E-state index contributed by atoms with van der Waals surface area (Å²) in [7, 11) is 0. The molecule has 3 rings (SSSR count). The number of imidazole rings is 1. The highest BCUT2D eigenvalue weighted by Gasteiger charge is 2.08. The predicted octanol–water partition coefficient (Wildman–Crippen LogP) is 2.41. The molecule has 0 radical (unpaired) electrons. The standard InChI is InChI=1S/C11H9N3O/c12-11-13-5-9(14-11)8-6-15-10-4-2-1-3-7(8)10/h1-6H,(H3,12,13,14). The Hall–Kier alpha value is -2.23. The van der Waals surface area contributed by atoms with E-state index < -0.39 is 0 Å². The number of furan rings is 1. The molecule has 0 unspecified atom stereocenters. The molecule has 2 aromatic heterocycles. The number of nitrogens with two attached hydrogens (primary N) is 1. The van der Waals surface area contributed by atoms with Crippen molar-refractivity contribution in [2.45, 2.75) is 0 Å². The number of H-pyrrole nitrogens is 1. The molecule has 15 heavy (non-hydrogen) atoms. The second-order valence-electron chi connectivity index (χ2n) is 3.33. The van der Waals surface area contributed by atoms with Crippen molar-refractivity contribution in [3.8, 4) is 11.3 Å². The average molecular weight is 199 g/mol. The van der Waals surface area contributed by atoms with Crippen molar-refractivity contribution in [2.75, 3.05) is 5.73 Å². The summed E-state index contributed by atoms with van der Waals surface area (Å²) in [5.74, 6) is 0.412. The van der Waals surface area contributed by atoms with Gasteiger partial charge in [-0.15, -0.1) is 0 Å². The van der Waals surface area contributed by atoms with Gasteiger partial charge in [0, 0.05) is 10.9 Å². The normalized spacial score (nSPS) is 10.9. The number of nitrogens with zero attached hydrogens (tertiary/aromatic N) is 1. The molecule has 3 N–H and O–H groups in total. The van der Waals surface area contributed by atoms with Gasteiger partial charge < -0.3 is 15.1 Å². The number of anilines is 1. The molecule has 0 aliphatic rings. The van der Waals surface area contributed by atoms with E-state index in [0.29, 0.717) is 5.95 Å². The van der Waals surface area contributed by atoms with Crippen LogP contribution in [-0.4, -0.2) is 9.97 Å². The molecule has 0 saturated heterocycles. The van der Waals surface area contributed by atoms with E-state index in [1.165, 1.54) is 0 Å². The van der Waals surface area contributed by atoms with Crippen molar-refractivity contribution in [2.24, 2.45) is 0 Å². The van der Waals surface area contributed by atoms with Crippen molar-refractivity contribution < 1.29 is 4.42 Å². The quantitative estimate of drug-likeness (QED) is 0.632. The van der Waals surface area contributed by atoms with Gasteiger partial charge in [-0.3, -0.25) is 0 Å². The van der Waals surface area contributed by atoms with Gasteiger partial charge in [-0.2, -0.15) is 0 Å². The van der Waals surface area contributed by atoms with Crippen LogP contribution in [0.2, 0.25) is 0 Å². The van der Waals surface area contributed by atoms with E-state index in [9.17, 15) is 0 Å². The van der Waals surface area contributed by atoms with E-state index in [2.05, 4.69) is 9.97 Å². The summed E-state index contributed by atoms with van der Waals surface area (Å²) in [5.41, 5.74) is 8.25. The highest BCUT2D eigenvalue weighted by atomic mass is 16.3. The van der Waals surface area contributed by atoms with Crippen molar-refractivity contribution in [3.05, 3.63) is 36.7 Å². The van der Waals surface area contributed by atoms with Gasteiger partial charge in [-0.05, 0) is 6.07 Å². The van der Waals surface area contributed by atoms with Crippen LogP contribution in [-0.2, 0) is 0 Å². The van der Waals surface area contributed by atoms with Crippen molar-refractivity contribution in [3.63, 3.8) is 0 Å². The minimum absolute atomic E-state index is 0.412. The number of para-hydroxylation sites is 1. The monoisotopic (exact) mass is 199 g/mol. The molecule has 3 aromatic rings. The maximum absolute atomic E-state index is 5.53. The zero-order valence-electron chi connectivity index (χ0n) is 7.90. The van der Waals surface area contributed by atoms with Gasteiger partial charge >= 0.3 is 0 Å². The summed E-state index contributed by atoms with van der Waals surface area (Å²) in [6.07, 6.45) is 3.41. The van der Waals surface area contributed by atoms with E-state index in [0.717, 1.165) is 22.2 Å². The SMILES string of the molecule is Nc1ncc(-c2coc3ccccc23)[nH]1. The summed E-state index contributed by atoms with van der Waals surface area (Å²) >= 11 is 0. The Balaban J connectivity index is 2.27. The third-order valence-corrected chi connectivity index (χ3v) is 2.37. The molecule has 2 heterocycles. The first kappa shape index (κ1) is 8.11. The largest absolute Gasteiger partial charge is 0.464 e. The Morgan fingerprint density at radius 1 is 1.27 bits per heavy atom. The molecule has 0 atom stereocenters. The fourth-order valence-electron chi connectivity index (χ4n) is 1.66. The second kappa shape index (κ2) is 2.88. The highest BCUT2D eigenvalue weighted by molar-refractivity contribution is 5.92. The Labute approximate surface area is 85.7 Å². The summed E-state index contributed by atoms with van der Waals surface area (Å²) in [6.45, 7) is 0. The Kier molecular flexibility index (Phi) is 1.56. The number of benzene rings is 1. The molecular weight excluding hydrogens is 190 g/mol. The molecule has 4 nitrogen and oxygen atoms in total. The number of hydrogen-bond donors (Lipinski definition) is 2. The van der Waals surface area contributed by atoms with E-state index in [4.69, 9.17) is 10.2 Å². The zero-order valence-corrected chi connectivity index (χ0v) is 7.90. The summed E-state index contributed by atoms with van der Waals surface area (Å²) in [5, 5.41) is 1.06. The van der Waals surface area contributed by atoms with Gasteiger partial charge in [0.2, 0.25) is 0 Å². The molecule has 0 spiro atoms. The molecule has 0 amide bonds. The third-order valence-electron chi connectivity index (χ3n) is 2.37. The van der Waals surface area contributed by atoms with E-state index >= 15 is 0 Å². The van der Waals surface area contributed by atoms with Crippen molar-refractivity contribution in [1.82, 2.24) is 9.97 Å². The molecule has 4 heteroatoms. The first-order valence-corrected chi connectivity index (χ1v) is 4.62. The van der Waals surface area contributed by atoms with Gasteiger partial charge in [-0.25, -0.2) is 4.98 Å². The molecular formula is C11H9N3O. The third kappa shape index (κ3) is 1.19. The fourth-order valence-corrected chi connectivity index (χ4v) is 1.66. The second-order valence-corrected chi connectivity index (χ2v) is 3.33. The first-order chi connectivity index (χ1) is 7.34. The van der Waals surface area contributed by atoms with Crippen LogP contribution in [0.15, 0.2) is 41.1 Å². The van der Waals surface area contributed by atoms with Gasteiger partial charge in [0.25, 0.3) is 0 Å². The number of hydrogen-bond acceptors (Lipinski definition) is 3. The number of nitrogens with one attached hydrogen (secondary N) is 1. The Morgan fingerprint density at radius 3 is 2.93 bits per heavy atom. The first-order valence-electron chi connectivity index (χ1n) is 4.62. The summed E-state index contributed by atoms with van der Waals surface area (Å²) < 4.78 is 5.42. The van der Waals surface area contributed by atoms with Gasteiger partial charge in [0.15, 0.2) is 5.95 Å². The van der Waals surface area contributed by atoms with Crippen LogP contribution in [0.25, 0.3) is 22.2 Å². The number of rotatable bonds is 1. The predicted molar refractivity (Wildman–Crippen MR) is 58.2 cm³/mol. The van der Waals surface area contributed by atoms with Gasteiger partial charge in [0.1, 0.15) is 11.8 Å². The van der Waals surface area contributed by atoms with Crippen LogP contribution >= 0.6 is 0 Å². The van der Waals surface area contributed by atoms with Gasteiger partial charge in [0.05, 0.1) is 11.9 Å². The summed E-state index contributed by atoms with van der Waals surface area (Å²) in [6, 6.07) is 7.85. The minimum Gasteiger partial charge on any atom is -0.464 e. The van der Waals surface area contributed by atoms with Gasteiger partial charge in [-0.1, -0.05) is 18.2 Å². The topological polar surface area (TPSA) is 67.8 Å². The van der Waals surface area contributed by atoms with Crippen LogP contribution in [0.1, 0.15) is 0 Å². The van der Waals surface area contributed by atoms with Crippen LogP contribution in [0.4, 0.5) is 5.95 Å². The van der Waals surface area contributed by atoms with E-state index in [1.807, 2.05) is 24.3 Å². The highest BCUT2D eigenvalue weighted by Crippen LogP contribution is 2.29. The zero-order chi connectivity index (χ0) is 10.3. The molecule has 0 aliphatic carbocycles. The Bertz CT molecular complexity index is 609. The minimum atomic E-state index is 0.412. The number of fused-ring (bicyclic) bond motifs is 1. The smallest absolute Gasteiger partial charge is 0.197 e. The molecule has 0 bridgehead atoms. The van der Waals surface area contributed by atoms with Crippen molar-refractivity contribution in [1.29, 1.82) is 0 Å². The molecule has 0 saturated carbocycles. The maximum Gasteiger partial charge on any atom is 0.197 e. The van der Waals surface area contributed by atoms with Crippen LogP contribution < -0.4 is 5.73 Å². The average Bonchev–Trinajstić information content (AvgIpc) is 2.83. The Morgan fingerprint density at radius 2 is 2.13 bits per heavy atom. The lowest BCUT2D eigenvalue weighted by atomic mass is 10.1.